The summed E-state index contributed by atoms with van der Waals surface area (Å²) in [5.41, 5.74) is -2.44. The van der Waals surface area contributed by atoms with Crippen molar-refractivity contribution in [3.63, 3.8) is 0 Å². The lowest BCUT2D eigenvalue weighted by atomic mass is 10.0. The molecule has 0 saturated heterocycles. The molecule has 2 unspecified atom stereocenters. The van der Waals surface area contributed by atoms with Crippen molar-refractivity contribution in [3.05, 3.63) is 0 Å². The minimum absolute atomic E-state index is 0.328. The third-order valence-electron chi connectivity index (χ3n) is 1.94. The Morgan fingerprint density at radius 2 is 1.92 bits per heavy atom. The van der Waals surface area contributed by atoms with Gasteiger partial charge in [-0.3, -0.25) is 5.32 Å². The van der Waals surface area contributed by atoms with Gasteiger partial charge in [0, 0.05) is 6.04 Å². The van der Waals surface area contributed by atoms with E-state index in [1.807, 2.05) is 0 Å². The maximum Gasteiger partial charge on any atom is 0.419 e. The van der Waals surface area contributed by atoms with E-state index in [1.54, 1.807) is 13.8 Å². The van der Waals surface area contributed by atoms with E-state index in [1.165, 1.54) is 6.07 Å². The summed E-state index contributed by atoms with van der Waals surface area (Å²) in [4.78, 5) is 0. The molecular weight excluding hydrogens is 181 g/mol. The first-order valence-corrected chi connectivity index (χ1v) is 4.02. The van der Waals surface area contributed by atoms with Gasteiger partial charge in [-0.2, -0.15) is 18.4 Å². The highest BCUT2D eigenvalue weighted by atomic mass is 19.4. The van der Waals surface area contributed by atoms with E-state index in [0.717, 1.165) is 6.92 Å². The van der Waals surface area contributed by atoms with Gasteiger partial charge in [-0.05, 0) is 20.3 Å². The summed E-state index contributed by atoms with van der Waals surface area (Å²) < 4.78 is 36.9. The van der Waals surface area contributed by atoms with E-state index in [0.29, 0.717) is 6.42 Å². The molecule has 0 aromatic carbocycles. The van der Waals surface area contributed by atoms with Crippen LogP contribution in [0.15, 0.2) is 0 Å². The molecule has 0 rings (SSSR count). The van der Waals surface area contributed by atoms with E-state index in [2.05, 4.69) is 5.32 Å². The first-order chi connectivity index (χ1) is 5.77. The lowest BCUT2D eigenvalue weighted by Crippen LogP contribution is -2.56. The molecule has 0 fully saturated rings. The fourth-order valence-corrected chi connectivity index (χ4v) is 0.772. The van der Waals surface area contributed by atoms with Gasteiger partial charge in [0.05, 0.1) is 6.07 Å². The van der Waals surface area contributed by atoms with E-state index in [9.17, 15) is 13.2 Å². The van der Waals surface area contributed by atoms with Crippen LogP contribution in [-0.4, -0.2) is 17.8 Å². The lowest BCUT2D eigenvalue weighted by molar-refractivity contribution is -0.175. The molecule has 76 valence electrons. The van der Waals surface area contributed by atoms with Gasteiger partial charge in [0.15, 0.2) is 5.54 Å². The lowest BCUT2D eigenvalue weighted by Gasteiger charge is -2.29. The summed E-state index contributed by atoms with van der Waals surface area (Å²) >= 11 is 0. The molecular formula is C8H13F3N2. The standard InChI is InChI=1S/C8H13F3N2/c1-4-6(2)13-7(3,5-12)8(9,10)11/h6,13H,4H2,1-3H3. The second-order valence-electron chi connectivity index (χ2n) is 3.19. The largest absolute Gasteiger partial charge is 0.419 e. The van der Waals surface area contributed by atoms with Gasteiger partial charge in [0.1, 0.15) is 0 Å². The number of hydrogen-bond acceptors (Lipinski definition) is 2. The Morgan fingerprint density at radius 3 is 2.15 bits per heavy atom. The molecule has 0 aromatic rings. The zero-order valence-electron chi connectivity index (χ0n) is 7.87. The Labute approximate surface area is 75.7 Å². The van der Waals surface area contributed by atoms with Gasteiger partial charge < -0.3 is 0 Å². The smallest absolute Gasteiger partial charge is 0.290 e. The van der Waals surface area contributed by atoms with Crippen LogP contribution in [0.1, 0.15) is 27.2 Å². The van der Waals surface area contributed by atoms with E-state index in [4.69, 9.17) is 5.26 Å². The Balaban J connectivity index is 4.59. The number of rotatable bonds is 3. The van der Waals surface area contributed by atoms with Gasteiger partial charge in [0.2, 0.25) is 0 Å². The SMILES string of the molecule is CCC(C)NC(C)(C#N)C(F)(F)F. The Hall–Kier alpha value is -0.760. The van der Waals surface area contributed by atoms with Crippen molar-refractivity contribution in [1.29, 1.82) is 5.26 Å². The molecule has 0 bridgehead atoms. The molecule has 2 atom stereocenters. The second-order valence-corrected chi connectivity index (χ2v) is 3.19. The normalized spacial score (nSPS) is 18.8. The molecule has 2 nitrogen and oxygen atoms in total. The van der Waals surface area contributed by atoms with Crippen molar-refractivity contribution in [2.24, 2.45) is 0 Å². The first kappa shape index (κ1) is 12.2. The zero-order valence-corrected chi connectivity index (χ0v) is 7.87. The predicted molar refractivity (Wildman–Crippen MR) is 43.0 cm³/mol. The van der Waals surface area contributed by atoms with Gasteiger partial charge in [-0.25, -0.2) is 0 Å². The summed E-state index contributed by atoms with van der Waals surface area (Å²) in [5.74, 6) is 0. The maximum atomic E-state index is 12.3. The van der Waals surface area contributed by atoms with Crippen LogP contribution >= 0.6 is 0 Å². The summed E-state index contributed by atoms with van der Waals surface area (Å²) in [7, 11) is 0. The maximum absolute atomic E-state index is 12.3. The summed E-state index contributed by atoms with van der Waals surface area (Å²) in [5, 5.41) is 10.7. The van der Waals surface area contributed by atoms with Crippen LogP contribution in [0.2, 0.25) is 0 Å². The van der Waals surface area contributed by atoms with Gasteiger partial charge in [-0.15, -0.1) is 0 Å². The average Bonchev–Trinajstić information content (AvgIpc) is 2.02. The van der Waals surface area contributed by atoms with Gasteiger partial charge in [0.25, 0.3) is 0 Å². The molecule has 0 heterocycles. The third-order valence-corrected chi connectivity index (χ3v) is 1.94. The summed E-state index contributed by atoms with van der Waals surface area (Å²) in [6.45, 7) is 4.21. The van der Waals surface area contributed by atoms with Crippen LogP contribution in [0.5, 0.6) is 0 Å². The molecule has 5 heteroatoms. The molecule has 1 N–H and O–H groups in total. The number of nitriles is 1. The first-order valence-electron chi connectivity index (χ1n) is 4.02. The number of halogens is 3. The fourth-order valence-electron chi connectivity index (χ4n) is 0.772. The van der Waals surface area contributed by atoms with Crippen LogP contribution in [-0.2, 0) is 0 Å². The monoisotopic (exact) mass is 194 g/mol. The van der Waals surface area contributed by atoms with E-state index >= 15 is 0 Å². The molecule has 0 spiro atoms. The molecule has 0 saturated carbocycles. The number of hydrogen-bond donors (Lipinski definition) is 1. The minimum atomic E-state index is -4.54. The molecule has 0 aliphatic heterocycles. The topological polar surface area (TPSA) is 35.8 Å². The van der Waals surface area contributed by atoms with Crippen molar-refractivity contribution < 1.29 is 13.2 Å². The van der Waals surface area contributed by atoms with Crippen molar-refractivity contribution >= 4 is 0 Å². The average molecular weight is 194 g/mol. The fraction of sp³-hybridized carbons (Fsp3) is 0.875. The third kappa shape index (κ3) is 2.88. The van der Waals surface area contributed by atoms with Gasteiger partial charge in [-0.1, -0.05) is 6.92 Å². The highest BCUT2D eigenvalue weighted by molar-refractivity contribution is 5.09. The van der Waals surface area contributed by atoms with Crippen molar-refractivity contribution in [1.82, 2.24) is 5.32 Å². The molecule has 0 aliphatic carbocycles. The number of nitrogens with zero attached hydrogens (tertiary/aromatic N) is 1. The molecule has 0 aliphatic rings. The van der Waals surface area contributed by atoms with Crippen molar-refractivity contribution in [3.8, 4) is 6.07 Å². The highest BCUT2D eigenvalue weighted by Gasteiger charge is 2.52. The predicted octanol–water partition coefficient (Wildman–Crippen LogP) is 2.22. The van der Waals surface area contributed by atoms with Crippen LogP contribution in [0.4, 0.5) is 13.2 Å². The summed E-state index contributed by atoms with van der Waals surface area (Å²) in [6, 6.07) is 0.920. The number of nitrogens with one attached hydrogen (secondary N) is 1. The number of alkyl halides is 3. The molecule has 13 heavy (non-hydrogen) atoms. The second kappa shape index (κ2) is 3.97. The zero-order chi connectivity index (χ0) is 10.7. The van der Waals surface area contributed by atoms with Crippen molar-refractivity contribution in [2.75, 3.05) is 0 Å². The molecule has 0 aromatic heterocycles. The van der Waals surface area contributed by atoms with Crippen LogP contribution < -0.4 is 5.32 Å². The summed E-state index contributed by atoms with van der Waals surface area (Å²) in [6.07, 6.45) is -3.99. The van der Waals surface area contributed by atoms with E-state index < -0.39 is 11.7 Å². The van der Waals surface area contributed by atoms with Gasteiger partial charge >= 0.3 is 6.18 Å². The Kier molecular flexibility index (Phi) is 3.73. The van der Waals surface area contributed by atoms with Crippen molar-refractivity contribution in [2.45, 2.75) is 44.9 Å². The van der Waals surface area contributed by atoms with Crippen LogP contribution in [0.25, 0.3) is 0 Å². The molecule has 0 radical (unpaired) electrons. The van der Waals surface area contributed by atoms with Crippen LogP contribution in [0.3, 0.4) is 0 Å². The van der Waals surface area contributed by atoms with Crippen LogP contribution in [0, 0.1) is 11.3 Å². The van der Waals surface area contributed by atoms with E-state index in [-0.39, 0.29) is 6.04 Å². The minimum Gasteiger partial charge on any atom is -0.290 e. The quantitative estimate of drug-likeness (QED) is 0.747. The molecule has 0 amide bonds. The Morgan fingerprint density at radius 1 is 1.46 bits per heavy atom. The highest BCUT2D eigenvalue weighted by Crippen LogP contribution is 2.29. The Bertz CT molecular complexity index is 206.